The molecule has 0 saturated carbocycles. The highest BCUT2D eigenvalue weighted by Crippen LogP contribution is 2.13. The summed E-state index contributed by atoms with van der Waals surface area (Å²) in [5.41, 5.74) is 1.26. The van der Waals surface area contributed by atoms with E-state index in [1.54, 1.807) is 0 Å². The molecule has 11 heavy (non-hydrogen) atoms. The Bertz CT molecular complexity index is 177. The van der Waals surface area contributed by atoms with Gasteiger partial charge in [0.05, 0.1) is 0 Å². The first-order valence-electron chi connectivity index (χ1n) is 4.26. The van der Waals surface area contributed by atoms with Gasteiger partial charge < -0.3 is 0 Å². The van der Waals surface area contributed by atoms with Crippen LogP contribution in [-0.4, -0.2) is 6.21 Å². The minimum absolute atomic E-state index is 1.10. The van der Waals surface area contributed by atoms with Crippen LogP contribution in [0.25, 0.3) is 0 Å². The highest BCUT2D eigenvalue weighted by Gasteiger charge is 1.96. The Morgan fingerprint density at radius 3 is 3.09 bits per heavy atom. The predicted molar refractivity (Wildman–Crippen MR) is 49.9 cm³/mol. The van der Waals surface area contributed by atoms with Crippen molar-refractivity contribution in [2.75, 3.05) is 0 Å². The van der Waals surface area contributed by atoms with Crippen LogP contribution in [0.3, 0.4) is 0 Å². The van der Waals surface area contributed by atoms with Crippen LogP contribution in [0.1, 0.15) is 32.1 Å². The van der Waals surface area contributed by atoms with E-state index in [1.807, 2.05) is 12.3 Å². The normalized spacial score (nSPS) is 16.2. The summed E-state index contributed by atoms with van der Waals surface area (Å²) in [4.78, 5) is 4.30. The molecule has 0 unspecified atom stereocenters. The van der Waals surface area contributed by atoms with Gasteiger partial charge in [0.2, 0.25) is 0 Å². The first-order valence-corrected chi connectivity index (χ1v) is 4.26. The van der Waals surface area contributed by atoms with Crippen LogP contribution in [0.2, 0.25) is 0 Å². The number of hydrogen-bond acceptors (Lipinski definition) is 1. The molecule has 0 aromatic heterocycles. The van der Waals surface area contributed by atoms with Gasteiger partial charge in [-0.15, -0.1) is 6.58 Å². The number of allylic oxidation sites excluding steroid dienone is 3. The zero-order chi connectivity index (χ0) is 7.94. The van der Waals surface area contributed by atoms with E-state index in [-0.39, 0.29) is 0 Å². The molecule has 1 aliphatic heterocycles. The molecule has 60 valence electrons. The van der Waals surface area contributed by atoms with E-state index < -0.39 is 0 Å². The molecule has 0 saturated heterocycles. The third-order valence-electron chi connectivity index (χ3n) is 1.77. The van der Waals surface area contributed by atoms with E-state index in [2.05, 4.69) is 17.6 Å². The van der Waals surface area contributed by atoms with Gasteiger partial charge in [0.1, 0.15) is 0 Å². The number of rotatable bonds is 4. The molecule has 1 aliphatic rings. The second-order valence-electron chi connectivity index (χ2n) is 2.77. The van der Waals surface area contributed by atoms with Crippen LogP contribution in [-0.2, 0) is 0 Å². The van der Waals surface area contributed by atoms with Crippen molar-refractivity contribution in [2.45, 2.75) is 32.1 Å². The summed E-state index contributed by atoms with van der Waals surface area (Å²) in [6, 6.07) is 0. The van der Waals surface area contributed by atoms with Crippen molar-refractivity contribution in [3.63, 3.8) is 0 Å². The fourth-order valence-electron chi connectivity index (χ4n) is 1.15. The third kappa shape index (κ3) is 3.17. The van der Waals surface area contributed by atoms with Gasteiger partial charge in [0.25, 0.3) is 0 Å². The Morgan fingerprint density at radius 1 is 1.55 bits per heavy atom. The molecule has 0 aromatic rings. The third-order valence-corrected chi connectivity index (χ3v) is 1.77. The minimum Gasteiger partial charge on any atom is -0.266 e. The molecule has 0 spiro atoms. The smallest absolute Gasteiger partial charge is 0.0360 e. The van der Waals surface area contributed by atoms with Gasteiger partial charge in [-0.1, -0.05) is 12.2 Å². The van der Waals surface area contributed by atoms with Crippen molar-refractivity contribution in [3.8, 4) is 0 Å². The van der Waals surface area contributed by atoms with Crippen molar-refractivity contribution >= 4 is 6.21 Å². The van der Waals surface area contributed by atoms with Gasteiger partial charge in [-0.25, -0.2) is 0 Å². The summed E-state index contributed by atoms with van der Waals surface area (Å²) >= 11 is 0. The van der Waals surface area contributed by atoms with Crippen molar-refractivity contribution < 1.29 is 0 Å². The molecule has 0 radical (unpaired) electrons. The first kappa shape index (κ1) is 8.25. The van der Waals surface area contributed by atoms with E-state index >= 15 is 0 Å². The predicted octanol–water partition coefficient (Wildman–Crippen LogP) is 3.09. The van der Waals surface area contributed by atoms with Gasteiger partial charge in [0, 0.05) is 11.9 Å². The van der Waals surface area contributed by atoms with Crippen LogP contribution in [0, 0.1) is 0 Å². The average molecular weight is 149 g/mol. The van der Waals surface area contributed by atoms with Crippen LogP contribution >= 0.6 is 0 Å². The quantitative estimate of drug-likeness (QED) is 0.430. The number of hydrogen-bond donors (Lipinski definition) is 0. The topological polar surface area (TPSA) is 12.4 Å². The molecule has 1 heterocycles. The standard InChI is InChI=1S/C10H15N/c1-2-3-4-7-10-8-5-6-9-11-10/h2,8-9H,1,3-7H2. The molecule has 0 bridgehead atoms. The van der Waals surface area contributed by atoms with Gasteiger partial charge in [-0.2, -0.15) is 0 Å². The lowest BCUT2D eigenvalue weighted by Gasteiger charge is -2.04. The van der Waals surface area contributed by atoms with Crippen LogP contribution in [0.15, 0.2) is 29.4 Å². The lowest BCUT2D eigenvalue weighted by atomic mass is 10.1. The highest BCUT2D eigenvalue weighted by molar-refractivity contribution is 5.60. The summed E-state index contributed by atoms with van der Waals surface area (Å²) in [7, 11) is 0. The van der Waals surface area contributed by atoms with Crippen molar-refractivity contribution in [3.05, 3.63) is 24.4 Å². The van der Waals surface area contributed by atoms with E-state index in [0.717, 1.165) is 19.3 Å². The second-order valence-corrected chi connectivity index (χ2v) is 2.77. The van der Waals surface area contributed by atoms with E-state index in [9.17, 15) is 0 Å². The van der Waals surface area contributed by atoms with Gasteiger partial charge in [0.15, 0.2) is 0 Å². The molecule has 0 aromatic carbocycles. The molecule has 0 N–H and O–H groups in total. The Morgan fingerprint density at radius 2 is 2.45 bits per heavy atom. The first-order chi connectivity index (χ1) is 5.43. The average Bonchev–Trinajstić information content (AvgIpc) is 2.07. The molecular weight excluding hydrogens is 134 g/mol. The summed E-state index contributed by atoms with van der Waals surface area (Å²) in [6.45, 7) is 3.69. The maximum Gasteiger partial charge on any atom is 0.0360 e. The van der Waals surface area contributed by atoms with E-state index in [4.69, 9.17) is 0 Å². The molecule has 0 fully saturated rings. The van der Waals surface area contributed by atoms with Crippen molar-refractivity contribution in [1.82, 2.24) is 0 Å². The molecule has 1 rings (SSSR count). The Hall–Kier alpha value is -0.850. The zero-order valence-electron chi connectivity index (χ0n) is 6.92. The van der Waals surface area contributed by atoms with Crippen molar-refractivity contribution in [2.24, 2.45) is 4.99 Å². The Labute approximate surface area is 68.5 Å². The molecular formula is C10H15N. The fourth-order valence-corrected chi connectivity index (χ4v) is 1.15. The molecule has 0 amide bonds. The van der Waals surface area contributed by atoms with Crippen molar-refractivity contribution in [1.29, 1.82) is 0 Å². The Balaban J connectivity index is 2.20. The maximum absolute atomic E-state index is 4.30. The van der Waals surface area contributed by atoms with Crippen LogP contribution in [0.4, 0.5) is 0 Å². The number of aliphatic imine (C=N–C) groups is 1. The van der Waals surface area contributed by atoms with E-state index in [0.29, 0.717) is 0 Å². The minimum atomic E-state index is 1.10. The lowest BCUT2D eigenvalue weighted by molar-refractivity contribution is 0.812. The maximum atomic E-state index is 4.30. The number of unbranched alkanes of at least 4 members (excludes halogenated alkanes) is 1. The summed E-state index contributed by atoms with van der Waals surface area (Å²) in [5, 5.41) is 0. The SMILES string of the molecule is C=CCCCC1=CCCC=N1. The monoisotopic (exact) mass is 149 g/mol. The number of nitrogens with zero attached hydrogens (tertiary/aromatic N) is 1. The lowest BCUT2D eigenvalue weighted by Crippen LogP contribution is -1.88. The molecule has 1 heteroatoms. The zero-order valence-corrected chi connectivity index (χ0v) is 6.92. The highest BCUT2D eigenvalue weighted by atomic mass is 14.7. The second kappa shape index (κ2) is 4.89. The van der Waals surface area contributed by atoms with Crippen LogP contribution in [0.5, 0.6) is 0 Å². The summed E-state index contributed by atoms with van der Waals surface area (Å²) in [6.07, 6.45) is 11.9. The fraction of sp³-hybridized carbons (Fsp3) is 0.500. The Kier molecular flexibility index (Phi) is 3.67. The van der Waals surface area contributed by atoms with E-state index in [1.165, 1.54) is 18.5 Å². The largest absolute Gasteiger partial charge is 0.266 e. The summed E-state index contributed by atoms with van der Waals surface area (Å²) in [5.74, 6) is 0. The summed E-state index contributed by atoms with van der Waals surface area (Å²) < 4.78 is 0. The van der Waals surface area contributed by atoms with Gasteiger partial charge >= 0.3 is 0 Å². The molecule has 0 atom stereocenters. The van der Waals surface area contributed by atoms with Crippen LogP contribution < -0.4 is 0 Å². The van der Waals surface area contributed by atoms with Gasteiger partial charge in [-0.3, -0.25) is 4.99 Å². The molecule has 1 nitrogen and oxygen atoms in total. The van der Waals surface area contributed by atoms with Gasteiger partial charge in [-0.05, 0) is 32.1 Å². The molecule has 0 aliphatic carbocycles.